The third kappa shape index (κ3) is 12.4. The minimum atomic E-state index is -0.445. The highest BCUT2D eigenvalue weighted by molar-refractivity contribution is 5.81. The molecule has 0 atom stereocenters. The number of carbonyl (C=O) groups excluding carboxylic acids is 1. The van der Waals surface area contributed by atoms with Gasteiger partial charge in [0.2, 0.25) is 0 Å². The van der Waals surface area contributed by atoms with Crippen LogP contribution >= 0.6 is 0 Å². The summed E-state index contributed by atoms with van der Waals surface area (Å²) in [5.41, 5.74) is 0. The largest absolute Gasteiger partial charge is 0.460 e. The molecule has 0 bridgehead atoms. The van der Waals surface area contributed by atoms with E-state index >= 15 is 0 Å². The van der Waals surface area contributed by atoms with Gasteiger partial charge < -0.3 is 18.9 Å². The van der Waals surface area contributed by atoms with E-state index in [-0.39, 0.29) is 6.61 Å². The van der Waals surface area contributed by atoms with Gasteiger partial charge in [-0.05, 0) is 0 Å². The molecule has 0 fully saturated rings. The first-order valence-electron chi connectivity index (χ1n) is 5.29. The Hall–Kier alpha value is -1.51. The molecular weight excluding hydrogens is 224 g/mol. The van der Waals surface area contributed by atoms with Crippen LogP contribution in [-0.4, -0.2) is 45.6 Å². The first kappa shape index (κ1) is 15.5. The number of esters is 1. The fraction of sp³-hybridized carbons (Fsp3) is 0.583. The SMILES string of the molecule is C=CC(=O)OCCOCCOCCOC#CC. The minimum absolute atomic E-state index is 0.222. The van der Waals surface area contributed by atoms with Gasteiger partial charge in [0.1, 0.15) is 19.3 Å². The molecule has 17 heavy (non-hydrogen) atoms. The predicted octanol–water partition coefficient (Wildman–Crippen LogP) is 0.746. The quantitative estimate of drug-likeness (QED) is 0.245. The first-order valence-corrected chi connectivity index (χ1v) is 5.29. The summed E-state index contributed by atoms with van der Waals surface area (Å²) in [7, 11) is 0. The molecule has 0 saturated heterocycles. The van der Waals surface area contributed by atoms with Gasteiger partial charge in [0.15, 0.2) is 0 Å². The molecule has 0 aromatic rings. The Balaban J connectivity index is 3.05. The highest BCUT2D eigenvalue weighted by Crippen LogP contribution is 1.83. The van der Waals surface area contributed by atoms with Gasteiger partial charge in [0.25, 0.3) is 0 Å². The van der Waals surface area contributed by atoms with E-state index in [0.29, 0.717) is 33.0 Å². The van der Waals surface area contributed by atoms with Crippen LogP contribution in [0, 0.1) is 12.0 Å². The van der Waals surface area contributed by atoms with Crippen LogP contribution in [0.4, 0.5) is 0 Å². The third-order valence-corrected chi connectivity index (χ3v) is 1.51. The summed E-state index contributed by atoms with van der Waals surface area (Å²) in [6, 6.07) is 0. The zero-order chi connectivity index (χ0) is 12.8. The Kier molecular flexibility index (Phi) is 11.4. The van der Waals surface area contributed by atoms with Crippen LogP contribution in [-0.2, 0) is 23.7 Å². The summed E-state index contributed by atoms with van der Waals surface area (Å²) >= 11 is 0. The first-order chi connectivity index (χ1) is 8.31. The summed E-state index contributed by atoms with van der Waals surface area (Å²) in [5, 5.41) is 0. The van der Waals surface area contributed by atoms with Gasteiger partial charge in [-0.15, -0.1) is 0 Å². The third-order valence-electron chi connectivity index (χ3n) is 1.51. The predicted molar refractivity (Wildman–Crippen MR) is 62.2 cm³/mol. The lowest BCUT2D eigenvalue weighted by molar-refractivity contribution is -0.139. The van der Waals surface area contributed by atoms with Gasteiger partial charge in [-0.2, -0.15) is 0 Å². The smallest absolute Gasteiger partial charge is 0.330 e. The fourth-order valence-corrected chi connectivity index (χ4v) is 0.806. The molecule has 0 N–H and O–H groups in total. The van der Waals surface area contributed by atoms with Crippen LogP contribution in [0.3, 0.4) is 0 Å². The van der Waals surface area contributed by atoms with Gasteiger partial charge in [-0.25, -0.2) is 4.79 Å². The van der Waals surface area contributed by atoms with Crippen molar-refractivity contribution in [3.05, 3.63) is 12.7 Å². The van der Waals surface area contributed by atoms with E-state index in [1.54, 1.807) is 6.92 Å². The van der Waals surface area contributed by atoms with E-state index in [4.69, 9.17) is 18.9 Å². The van der Waals surface area contributed by atoms with Crippen molar-refractivity contribution in [2.45, 2.75) is 6.92 Å². The lowest BCUT2D eigenvalue weighted by atomic mass is 10.6. The minimum Gasteiger partial charge on any atom is -0.460 e. The molecular formula is C12H18O5. The maximum Gasteiger partial charge on any atom is 0.330 e. The summed E-state index contributed by atoms with van der Waals surface area (Å²) < 4.78 is 19.9. The zero-order valence-electron chi connectivity index (χ0n) is 10.1. The highest BCUT2D eigenvalue weighted by atomic mass is 16.6. The Bertz CT molecular complexity index is 264. The van der Waals surface area contributed by atoms with Crippen molar-refractivity contribution < 1.29 is 23.7 Å². The molecule has 0 rings (SSSR count). The van der Waals surface area contributed by atoms with E-state index in [0.717, 1.165) is 6.08 Å². The molecule has 5 nitrogen and oxygen atoms in total. The number of rotatable bonds is 10. The second-order valence-electron chi connectivity index (χ2n) is 2.80. The summed E-state index contributed by atoms with van der Waals surface area (Å²) in [5.74, 6) is 2.16. The van der Waals surface area contributed by atoms with Crippen LogP contribution < -0.4 is 0 Å². The molecule has 0 amide bonds. The van der Waals surface area contributed by atoms with Crippen molar-refractivity contribution in [1.82, 2.24) is 0 Å². The van der Waals surface area contributed by atoms with Gasteiger partial charge in [-0.1, -0.05) is 12.5 Å². The van der Waals surface area contributed by atoms with Crippen molar-refractivity contribution >= 4 is 5.97 Å². The topological polar surface area (TPSA) is 54.0 Å². The van der Waals surface area contributed by atoms with Crippen molar-refractivity contribution in [1.29, 1.82) is 0 Å². The Morgan fingerprint density at radius 2 is 1.71 bits per heavy atom. The number of hydrogen-bond acceptors (Lipinski definition) is 5. The molecule has 0 heterocycles. The van der Waals surface area contributed by atoms with Gasteiger partial charge in [-0.3, -0.25) is 0 Å². The van der Waals surface area contributed by atoms with Crippen LogP contribution in [0.1, 0.15) is 6.92 Å². The average molecular weight is 242 g/mol. The molecule has 0 saturated carbocycles. The maximum absolute atomic E-state index is 10.6. The number of carbonyl (C=O) groups is 1. The van der Waals surface area contributed by atoms with Crippen LogP contribution in [0.25, 0.3) is 0 Å². The molecule has 0 aliphatic heterocycles. The summed E-state index contributed by atoms with van der Waals surface area (Å²) in [4.78, 5) is 10.6. The van der Waals surface area contributed by atoms with Crippen molar-refractivity contribution in [3.63, 3.8) is 0 Å². The molecule has 0 aromatic heterocycles. The van der Waals surface area contributed by atoms with Crippen molar-refractivity contribution in [3.8, 4) is 12.0 Å². The second kappa shape index (κ2) is 12.6. The van der Waals surface area contributed by atoms with Gasteiger partial charge >= 0.3 is 5.97 Å². The molecule has 0 aliphatic carbocycles. The molecule has 0 unspecified atom stereocenters. The summed E-state index contributed by atoms with van der Waals surface area (Å²) in [6.07, 6.45) is 3.58. The second-order valence-corrected chi connectivity index (χ2v) is 2.80. The zero-order valence-corrected chi connectivity index (χ0v) is 10.1. The Morgan fingerprint density at radius 3 is 2.29 bits per heavy atom. The Labute approximate surface area is 102 Å². The molecule has 5 heteroatoms. The van der Waals surface area contributed by atoms with E-state index in [1.807, 2.05) is 0 Å². The van der Waals surface area contributed by atoms with Gasteiger partial charge in [0, 0.05) is 13.0 Å². The fourth-order valence-electron chi connectivity index (χ4n) is 0.806. The molecule has 96 valence electrons. The van der Waals surface area contributed by atoms with Crippen LogP contribution in [0.2, 0.25) is 0 Å². The number of ether oxygens (including phenoxy) is 4. The normalized spacial score (nSPS) is 9.00. The van der Waals surface area contributed by atoms with Crippen LogP contribution in [0.15, 0.2) is 12.7 Å². The van der Waals surface area contributed by atoms with Gasteiger partial charge in [0.05, 0.1) is 26.4 Å². The molecule has 0 radical (unpaired) electrons. The maximum atomic E-state index is 10.6. The lowest BCUT2D eigenvalue weighted by Gasteiger charge is -2.05. The van der Waals surface area contributed by atoms with E-state index in [1.165, 1.54) is 0 Å². The molecule has 0 aliphatic rings. The van der Waals surface area contributed by atoms with E-state index < -0.39 is 5.97 Å². The van der Waals surface area contributed by atoms with E-state index in [2.05, 4.69) is 18.6 Å². The van der Waals surface area contributed by atoms with Crippen LogP contribution in [0.5, 0.6) is 0 Å². The Morgan fingerprint density at radius 1 is 1.12 bits per heavy atom. The molecule has 0 spiro atoms. The van der Waals surface area contributed by atoms with Crippen molar-refractivity contribution in [2.75, 3.05) is 39.6 Å². The number of hydrogen-bond donors (Lipinski definition) is 0. The average Bonchev–Trinajstić information content (AvgIpc) is 2.35. The van der Waals surface area contributed by atoms with Crippen molar-refractivity contribution in [2.24, 2.45) is 0 Å². The standard InChI is InChI=1S/C12H18O5/c1-3-5-14-6-7-15-8-9-16-10-11-17-12(13)4-2/h4H,2,6-11H2,1H3. The summed E-state index contributed by atoms with van der Waals surface area (Å²) in [6.45, 7) is 7.38. The highest BCUT2D eigenvalue weighted by Gasteiger charge is 1.95. The van der Waals surface area contributed by atoms with E-state index in [9.17, 15) is 4.79 Å². The lowest BCUT2D eigenvalue weighted by Crippen LogP contribution is -2.12. The molecule has 0 aromatic carbocycles. The monoisotopic (exact) mass is 242 g/mol.